The first kappa shape index (κ1) is 20.2. The Morgan fingerprint density at radius 3 is 2.69 bits per heavy atom. The van der Waals surface area contributed by atoms with Crippen LogP contribution in [-0.2, 0) is 11.3 Å². The van der Waals surface area contributed by atoms with Crippen molar-refractivity contribution < 1.29 is 4.79 Å². The summed E-state index contributed by atoms with van der Waals surface area (Å²) in [5, 5.41) is 16.9. The number of nitrogens with zero attached hydrogens (tertiary/aromatic N) is 3. The molecule has 0 bridgehead atoms. The largest absolute Gasteiger partial charge is 0.325 e. The van der Waals surface area contributed by atoms with Gasteiger partial charge in [0.25, 0.3) is 0 Å². The van der Waals surface area contributed by atoms with Crippen LogP contribution in [0.2, 0.25) is 0 Å². The lowest BCUT2D eigenvalue weighted by Crippen LogP contribution is -2.27. The number of anilines is 1. The summed E-state index contributed by atoms with van der Waals surface area (Å²) >= 11 is 3.19. The fraction of sp³-hybridized carbons (Fsp3) is 0.409. The summed E-state index contributed by atoms with van der Waals surface area (Å²) in [6, 6.07) is 8.33. The van der Waals surface area contributed by atoms with Crippen molar-refractivity contribution in [2.75, 3.05) is 5.32 Å². The molecular formula is C22H26N4OS2. The Balaban J connectivity index is 1.52. The second kappa shape index (κ2) is 7.95. The second-order valence-electron chi connectivity index (χ2n) is 7.84. The molecule has 0 unspecified atom stereocenters. The highest BCUT2D eigenvalue weighted by Gasteiger charge is 2.52. The molecule has 1 saturated carbocycles. The van der Waals surface area contributed by atoms with Gasteiger partial charge in [-0.2, -0.15) is 11.3 Å². The number of amides is 1. The van der Waals surface area contributed by atoms with Crippen molar-refractivity contribution in [1.82, 2.24) is 14.8 Å². The highest BCUT2D eigenvalue weighted by Crippen LogP contribution is 2.52. The fourth-order valence-electron chi connectivity index (χ4n) is 3.34. The molecule has 2 aromatic heterocycles. The van der Waals surface area contributed by atoms with E-state index in [1.54, 1.807) is 23.1 Å². The molecule has 0 aliphatic heterocycles. The molecular weight excluding hydrogens is 400 g/mol. The normalized spacial score (nSPS) is 14.9. The van der Waals surface area contributed by atoms with Crippen molar-refractivity contribution in [2.24, 2.45) is 0 Å². The first-order valence-corrected chi connectivity index (χ1v) is 11.8. The van der Waals surface area contributed by atoms with E-state index in [9.17, 15) is 4.79 Å². The number of rotatable bonds is 7. The Kier molecular flexibility index (Phi) is 5.53. The molecule has 1 aliphatic rings. The van der Waals surface area contributed by atoms with Gasteiger partial charge in [0, 0.05) is 23.2 Å². The van der Waals surface area contributed by atoms with Crippen molar-refractivity contribution >= 4 is 34.7 Å². The molecule has 0 spiro atoms. The average molecular weight is 427 g/mol. The number of thiophene rings is 1. The van der Waals surface area contributed by atoms with Crippen LogP contribution >= 0.6 is 23.1 Å². The monoisotopic (exact) mass is 426 g/mol. The Hall–Kier alpha value is -2.12. The van der Waals surface area contributed by atoms with Crippen LogP contribution in [0.4, 0.5) is 5.69 Å². The number of carbonyl (C=O) groups is 1. The number of carbonyl (C=O) groups excluding carboxylic acids is 1. The zero-order valence-electron chi connectivity index (χ0n) is 17.2. The molecule has 1 aromatic carbocycles. The summed E-state index contributed by atoms with van der Waals surface area (Å²) in [5.74, 6) is 1.40. The van der Waals surface area contributed by atoms with Gasteiger partial charge in [0.2, 0.25) is 5.91 Å². The summed E-state index contributed by atoms with van der Waals surface area (Å²) in [6.45, 7) is 9.26. The Morgan fingerprint density at radius 2 is 2.10 bits per heavy atom. The molecule has 0 saturated heterocycles. The molecule has 1 aliphatic carbocycles. The minimum atomic E-state index is -0.449. The van der Waals surface area contributed by atoms with Gasteiger partial charge >= 0.3 is 0 Å². The summed E-state index contributed by atoms with van der Waals surface area (Å²) < 4.78 is 1.65. The topological polar surface area (TPSA) is 59.8 Å². The van der Waals surface area contributed by atoms with Crippen LogP contribution in [0, 0.1) is 6.92 Å². The SMILES string of the molecule is CCn1c(SC2(C(=O)Nc3ccc(C(C)C)cc3C)CC2)nnc1-c1ccsc1. The molecule has 0 atom stereocenters. The lowest BCUT2D eigenvalue weighted by molar-refractivity contribution is -0.116. The zero-order chi connectivity index (χ0) is 20.6. The Labute approximate surface area is 179 Å². The van der Waals surface area contributed by atoms with E-state index in [1.807, 2.05) is 11.4 Å². The number of nitrogens with one attached hydrogen (secondary N) is 1. The molecule has 29 heavy (non-hydrogen) atoms. The van der Waals surface area contributed by atoms with Crippen LogP contribution in [-0.4, -0.2) is 25.4 Å². The number of hydrogen-bond donors (Lipinski definition) is 1. The molecule has 152 valence electrons. The predicted octanol–water partition coefficient (Wildman–Crippen LogP) is 5.72. The van der Waals surface area contributed by atoms with Gasteiger partial charge in [-0.1, -0.05) is 37.7 Å². The van der Waals surface area contributed by atoms with E-state index in [4.69, 9.17) is 0 Å². The van der Waals surface area contributed by atoms with Gasteiger partial charge in [-0.3, -0.25) is 4.79 Å². The van der Waals surface area contributed by atoms with Crippen molar-refractivity contribution in [3.63, 3.8) is 0 Å². The van der Waals surface area contributed by atoms with E-state index < -0.39 is 4.75 Å². The first-order chi connectivity index (χ1) is 13.9. The van der Waals surface area contributed by atoms with Crippen LogP contribution in [0.25, 0.3) is 11.4 Å². The van der Waals surface area contributed by atoms with E-state index >= 15 is 0 Å². The third kappa shape index (κ3) is 3.98. The lowest BCUT2D eigenvalue weighted by Gasteiger charge is -2.17. The van der Waals surface area contributed by atoms with Gasteiger partial charge in [-0.25, -0.2) is 0 Å². The maximum Gasteiger partial charge on any atom is 0.241 e. The maximum absolute atomic E-state index is 13.1. The van der Waals surface area contributed by atoms with Gasteiger partial charge in [0.1, 0.15) is 4.75 Å². The van der Waals surface area contributed by atoms with Crippen LogP contribution in [0.15, 0.2) is 40.2 Å². The highest BCUT2D eigenvalue weighted by molar-refractivity contribution is 8.01. The summed E-state index contributed by atoms with van der Waals surface area (Å²) in [5.41, 5.74) is 4.35. The minimum Gasteiger partial charge on any atom is -0.325 e. The van der Waals surface area contributed by atoms with Gasteiger partial charge < -0.3 is 9.88 Å². The molecule has 1 amide bonds. The summed E-state index contributed by atoms with van der Waals surface area (Å²) in [7, 11) is 0. The zero-order valence-corrected chi connectivity index (χ0v) is 18.9. The van der Waals surface area contributed by atoms with Gasteiger partial charge in [0.15, 0.2) is 11.0 Å². The van der Waals surface area contributed by atoms with Crippen LogP contribution in [0.3, 0.4) is 0 Å². The standard InChI is InChI=1S/C22H26N4OS2/c1-5-26-19(17-8-11-28-13-17)24-25-21(26)29-22(9-10-22)20(27)23-18-7-6-16(14(2)3)12-15(18)4/h6-8,11-14H,5,9-10H2,1-4H3,(H,23,27). The summed E-state index contributed by atoms with van der Waals surface area (Å²) in [4.78, 5) is 13.1. The smallest absolute Gasteiger partial charge is 0.241 e. The van der Waals surface area contributed by atoms with Gasteiger partial charge in [-0.15, -0.1) is 10.2 Å². The molecule has 1 fully saturated rings. The van der Waals surface area contributed by atoms with E-state index in [2.05, 4.69) is 71.4 Å². The van der Waals surface area contributed by atoms with Crippen LogP contribution in [0.1, 0.15) is 50.7 Å². The molecule has 0 radical (unpaired) electrons. The third-order valence-electron chi connectivity index (χ3n) is 5.38. The first-order valence-electron chi connectivity index (χ1n) is 10.0. The molecule has 2 heterocycles. The number of hydrogen-bond acceptors (Lipinski definition) is 5. The predicted molar refractivity (Wildman–Crippen MR) is 121 cm³/mol. The van der Waals surface area contributed by atoms with Crippen molar-refractivity contribution in [3.05, 3.63) is 46.2 Å². The number of benzene rings is 1. The summed E-state index contributed by atoms with van der Waals surface area (Å²) in [6.07, 6.45) is 1.72. The maximum atomic E-state index is 13.1. The molecule has 4 rings (SSSR count). The number of aromatic nitrogens is 3. The van der Waals surface area contributed by atoms with Crippen LogP contribution < -0.4 is 5.32 Å². The molecule has 3 aromatic rings. The Morgan fingerprint density at radius 1 is 1.31 bits per heavy atom. The second-order valence-corrected chi connectivity index (χ2v) is 9.97. The van der Waals surface area contributed by atoms with Gasteiger partial charge in [-0.05, 0) is 61.2 Å². The van der Waals surface area contributed by atoms with E-state index in [1.165, 1.54) is 5.56 Å². The minimum absolute atomic E-state index is 0.0608. The van der Waals surface area contributed by atoms with Gasteiger partial charge in [0.05, 0.1) is 0 Å². The highest BCUT2D eigenvalue weighted by atomic mass is 32.2. The van der Waals surface area contributed by atoms with E-state index in [-0.39, 0.29) is 5.91 Å². The van der Waals surface area contributed by atoms with Crippen molar-refractivity contribution in [1.29, 1.82) is 0 Å². The van der Waals surface area contributed by atoms with E-state index in [0.717, 1.165) is 47.2 Å². The third-order valence-corrected chi connectivity index (χ3v) is 7.53. The number of thioether (sulfide) groups is 1. The fourth-order valence-corrected chi connectivity index (χ4v) is 5.18. The van der Waals surface area contributed by atoms with E-state index in [0.29, 0.717) is 5.92 Å². The quantitative estimate of drug-likeness (QED) is 0.525. The van der Waals surface area contributed by atoms with Crippen molar-refractivity contribution in [3.8, 4) is 11.4 Å². The van der Waals surface area contributed by atoms with Crippen molar-refractivity contribution in [2.45, 2.75) is 62.9 Å². The van der Waals surface area contributed by atoms with Crippen LogP contribution in [0.5, 0.6) is 0 Å². The molecule has 7 heteroatoms. The lowest BCUT2D eigenvalue weighted by atomic mass is 10.0. The average Bonchev–Trinajstić information content (AvgIpc) is 3.11. The molecule has 1 N–H and O–H groups in total. The number of aryl methyl sites for hydroxylation is 1. The molecule has 5 nitrogen and oxygen atoms in total. The Bertz CT molecular complexity index is 1020.